The lowest BCUT2D eigenvalue weighted by molar-refractivity contribution is -0.385. The third kappa shape index (κ3) is 34.0. The first kappa shape index (κ1) is 114. The first-order valence-corrected chi connectivity index (χ1v) is 41.3. The number of aliphatic hydroxyl groups excluding tert-OH is 13. The topological polar surface area (TPSA) is 916 Å². The monoisotopic (exact) mass is 1910 g/mol. The molecule has 0 aromatic rings. The summed E-state index contributed by atoms with van der Waals surface area (Å²) in [6.07, 6.45) is -48.2. The van der Waals surface area contributed by atoms with Crippen LogP contribution in [-0.4, -0.2) is 428 Å². The van der Waals surface area contributed by atoms with Crippen LogP contribution in [0.15, 0.2) is 0 Å². The third-order valence-electron chi connectivity index (χ3n) is 20.7. The van der Waals surface area contributed by atoms with Crippen molar-refractivity contribution >= 4 is 107 Å². The van der Waals surface area contributed by atoms with Crippen LogP contribution in [0.2, 0.25) is 0 Å². The van der Waals surface area contributed by atoms with E-state index in [0.717, 1.165) is 27.9 Å². The van der Waals surface area contributed by atoms with Crippen LogP contribution in [0.5, 0.6) is 0 Å². The fourth-order valence-corrected chi connectivity index (χ4v) is 14.1. The predicted molar refractivity (Wildman–Crippen MR) is 428 cm³/mol. The molecule has 0 aliphatic carbocycles. The van der Waals surface area contributed by atoms with Crippen molar-refractivity contribution in [3.05, 3.63) is 0 Å². The number of carboxylic acid groups (broad SMARTS) is 5. The number of hydrogen-bond donors (Lipinski definition) is 31. The summed E-state index contributed by atoms with van der Waals surface area (Å²) in [5, 5.41) is 216. The molecule has 4 heterocycles. The standard InChI is InChI=1S/C75H121N13O44/c1-26(2)15-34(65(117)80-32(10-13-47(103)104)64(116)86-38(21-89)68(120)81-31(9-12-46(101)102)63(115)85-37(71(122)123)18-49(107)108)83-62(114)33(11-14-48(105)106)82-69(121)50(28(5)93)88-67(119)35(16-27(3)4)84-66(118)36(79-45(100)20-76)17-44(99)87-70-52(78-30(7)95)60(130-72-56(112)53(109)41(98)25-126-72)58(43(24-92)127-70)129-73-57(113)61(55(111)42(23-91)128-73)132-75(74(124)125-8)19-39(96)51(77-29(6)94)59(131-75)54(110)40(97)22-90/h26-28,31-43,50-61,70,72-73,89-93,96-98,109-113H,9-25,76H2,1-8H3,(H,77,94)(H,78,95)(H,79,100)(H,80,117)(H,81,120)(H,82,121)(H,83,114)(H,84,118)(H,85,115)(H,86,116)(H,87,99)(H,88,119)(H,101,102)(H,103,104)(H,105,106)(H,107,108)(H,122,123)/t28-,31+,32+,33+,34+,35+,36+,37+,38+,39+,40-,41-,42-,43-,50+,51-,52-,53-,54-,55+,56+,57-,58-,59+,60-,61+,70-,72+,73+,75+/m1/s1. The Labute approximate surface area is 750 Å². The van der Waals surface area contributed by atoms with E-state index in [4.69, 9.17) is 48.7 Å². The van der Waals surface area contributed by atoms with E-state index in [0.29, 0.717) is 0 Å². The number of nitrogens with two attached hydrogens (primary N) is 1. The average Bonchev–Trinajstić information content (AvgIpc) is 0.744. The number of rotatable bonds is 53. The molecular weight excluding hydrogens is 1790 g/mol. The molecule has 0 spiro atoms. The fraction of sp³-hybridized carbons (Fsp3) is 0.760. The van der Waals surface area contributed by atoms with Crippen LogP contribution in [0.3, 0.4) is 0 Å². The zero-order valence-corrected chi connectivity index (χ0v) is 72.7. The van der Waals surface area contributed by atoms with E-state index in [1.165, 1.54) is 27.7 Å². The zero-order chi connectivity index (χ0) is 100.0. The Hall–Kier alpha value is -10.4. The van der Waals surface area contributed by atoms with Crippen molar-refractivity contribution in [1.82, 2.24) is 63.8 Å². The smallest absolute Gasteiger partial charge is 0.366 e. The van der Waals surface area contributed by atoms with Gasteiger partial charge in [0.05, 0.1) is 77.8 Å². The van der Waals surface area contributed by atoms with E-state index < -0.39 is 405 Å². The van der Waals surface area contributed by atoms with Gasteiger partial charge in [0, 0.05) is 39.5 Å². The highest BCUT2D eigenvalue weighted by Crippen LogP contribution is 2.40. The van der Waals surface area contributed by atoms with E-state index in [9.17, 15) is 173 Å². The Morgan fingerprint density at radius 3 is 1.36 bits per heavy atom. The second-order valence-electron chi connectivity index (χ2n) is 32.2. The van der Waals surface area contributed by atoms with Crippen LogP contribution in [-0.2, 0) is 124 Å². The Kier molecular flexibility index (Phi) is 46.2. The number of hydrogen-bond acceptors (Lipinski definition) is 40. The van der Waals surface area contributed by atoms with E-state index >= 15 is 0 Å². The molecule has 57 heteroatoms. The van der Waals surface area contributed by atoms with Crippen molar-refractivity contribution in [2.24, 2.45) is 17.6 Å². The second kappa shape index (κ2) is 53.5. The van der Waals surface area contributed by atoms with Crippen molar-refractivity contribution in [3.63, 3.8) is 0 Å². The summed E-state index contributed by atoms with van der Waals surface area (Å²) < 4.78 is 46.6. The molecule has 0 radical (unpaired) electrons. The maximum atomic E-state index is 14.6. The molecule has 0 saturated carbocycles. The van der Waals surface area contributed by atoms with E-state index in [-0.39, 0.29) is 6.42 Å². The lowest BCUT2D eigenvalue weighted by Gasteiger charge is -2.52. The van der Waals surface area contributed by atoms with Gasteiger partial charge in [-0.1, -0.05) is 27.7 Å². The largest absolute Gasteiger partial charge is 0.481 e. The van der Waals surface area contributed by atoms with Crippen LogP contribution in [0.4, 0.5) is 0 Å². The predicted octanol–water partition coefficient (Wildman–Crippen LogP) is -16.1. The van der Waals surface area contributed by atoms with E-state index in [2.05, 4.69) is 47.9 Å². The lowest BCUT2D eigenvalue weighted by atomic mass is 9.88. The average molecular weight is 1910 g/mol. The molecule has 0 aromatic carbocycles. The van der Waals surface area contributed by atoms with Gasteiger partial charge < -0.3 is 199 Å². The molecule has 0 unspecified atom stereocenters. The SMILES string of the molecule is COC(=O)[C@@]1(O[C@H]2[C@@H](O)[C@@H](CO)O[C@@H](O[C@H]3[C@H](O[C@@H]4OC[C@@H](O)[C@@H](O)[C@@H]4O)[C@@H](NC(C)=O)[C@H](NC(=O)C[C@H](NC(=O)CN)C(=O)N[C@@H](CC(C)C)C(=O)N[C@H](C(=O)N[C@@H](CCC(=O)O)C(=O)N[C@@H](CC(C)C)C(=O)N[C@@H](CCC(=O)O)C(=O)N[C@@H](CO)C(=O)N[C@@H](CCC(=O)O)C(=O)N[C@@H](CC(=O)O)C(=O)O)[C@@H](C)O)O[C@@H]3CO)[C@@H]2O)C[C@H](O)[C@@H](NC(C)=O)[C@@H]([C@H](O)[C@H](O)CO)O1. The van der Waals surface area contributed by atoms with Crippen LogP contribution < -0.4 is 69.5 Å². The minimum absolute atomic E-state index is 0.373. The molecule has 32 N–H and O–H groups in total. The fourth-order valence-electron chi connectivity index (χ4n) is 14.1. The molecule has 12 amide bonds. The zero-order valence-electron chi connectivity index (χ0n) is 72.7. The number of carbonyl (C=O) groups excluding carboxylic acids is 13. The van der Waals surface area contributed by atoms with Crippen molar-refractivity contribution < 1.29 is 216 Å². The van der Waals surface area contributed by atoms with Crippen LogP contribution >= 0.6 is 0 Å². The maximum Gasteiger partial charge on any atom is 0.366 e. The lowest BCUT2D eigenvalue weighted by Crippen LogP contribution is -2.72. The highest BCUT2D eigenvalue weighted by atomic mass is 16.8. The number of amides is 12. The van der Waals surface area contributed by atoms with Crippen molar-refractivity contribution in [2.75, 3.05) is 46.7 Å². The third-order valence-corrected chi connectivity index (χ3v) is 20.7. The minimum atomic E-state index is -3.11. The molecule has 0 aromatic heterocycles. The van der Waals surface area contributed by atoms with Crippen LogP contribution in [0.25, 0.3) is 0 Å². The van der Waals surface area contributed by atoms with Gasteiger partial charge in [-0.15, -0.1) is 0 Å². The number of ether oxygens (including phenoxy) is 8. The molecule has 4 rings (SSSR count). The summed E-state index contributed by atoms with van der Waals surface area (Å²) in [4.78, 5) is 239. The summed E-state index contributed by atoms with van der Waals surface area (Å²) in [5.41, 5.74) is 5.62. The van der Waals surface area contributed by atoms with Gasteiger partial charge in [-0.25, -0.2) is 9.59 Å². The number of esters is 1. The Balaban J connectivity index is 1.68. The van der Waals surface area contributed by atoms with Crippen molar-refractivity contribution in [1.29, 1.82) is 0 Å². The van der Waals surface area contributed by atoms with Gasteiger partial charge in [0.2, 0.25) is 70.9 Å². The van der Waals surface area contributed by atoms with Gasteiger partial charge in [0.25, 0.3) is 5.79 Å². The summed E-state index contributed by atoms with van der Waals surface area (Å²) in [6, 6.07) is -22.0. The molecule has 0 bridgehead atoms. The molecular formula is C75H121N13O44. The first-order valence-electron chi connectivity index (χ1n) is 41.3. The normalized spacial score (nSPS) is 27.5. The molecule has 750 valence electrons. The van der Waals surface area contributed by atoms with Gasteiger partial charge in [-0.3, -0.25) is 76.7 Å². The highest BCUT2D eigenvalue weighted by molar-refractivity contribution is 6.00. The van der Waals surface area contributed by atoms with Gasteiger partial charge in [-0.2, -0.15) is 0 Å². The van der Waals surface area contributed by atoms with E-state index in [1.54, 1.807) is 0 Å². The molecule has 4 fully saturated rings. The number of carboxylic acids is 5. The Bertz CT molecular complexity index is 3970. The first-order chi connectivity index (χ1) is 61.7. The molecule has 30 atom stereocenters. The Morgan fingerprint density at radius 1 is 0.455 bits per heavy atom. The number of nitrogens with one attached hydrogen (secondary N) is 12. The van der Waals surface area contributed by atoms with Gasteiger partial charge in [0.1, 0.15) is 140 Å². The van der Waals surface area contributed by atoms with Crippen molar-refractivity contribution in [2.45, 2.75) is 302 Å². The molecule has 4 aliphatic rings. The van der Waals surface area contributed by atoms with Gasteiger partial charge >= 0.3 is 35.8 Å². The second-order valence-corrected chi connectivity index (χ2v) is 32.2. The van der Waals surface area contributed by atoms with E-state index in [1.807, 2.05) is 16.0 Å². The summed E-state index contributed by atoms with van der Waals surface area (Å²) in [6.45, 7) is 2.16. The molecule has 57 nitrogen and oxygen atoms in total. The number of methoxy groups -OCH3 is 1. The number of aliphatic carboxylic acids is 5. The van der Waals surface area contributed by atoms with Gasteiger partial charge in [0.15, 0.2) is 18.8 Å². The Morgan fingerprint density at radius 2 is 0.909 bits per heavy atom. The summed E-state index contributed by atoms with van der Waals surface area (Å²) >= 11 is 0. The molecule has 4 aliphatic heterocycles. The number of carbonyl (C=O) groups is 18. The molecule has 132 heavy (non-hydrogen) atoms. The van der Waals surface area contributed by atoms with Crippen LogP contribution in [0, 0.1) is 11.8 Å². The van der Waals surface area contributed by atoms with Gasteiger partial charge in [-0.05, 0) is 50.9 Å². The summed E-state index contributed by atoms with van der Waals surface area (Å²) in [7, 11) is 0.769. The molecule has 4 saturated heterocycles. The quantitative estimate of drug-likeness (QED) is 0.0252. The van der Waals surface area contributed by atoms with Crippen LogP contribution in [0.1, 0.15) is 119 Å². The minimum Gasteiger partial charge on any atom is -0.481 e. The maximum absolute atomic E-state index is 14.6. The summed E-state index contributed by atoms with van der Waals surface area (Å²) in [5.74, 6) is -29.7. The highest BCUT2D eigenvalue weighted by Gasteiger charge is 2.62. The number of aliphatic hydroxyl groups is 13. The van der Waals surface area contributed by atoms with Crippen molar-refractivity contribution in [3.8, 4) is 0 Å².